The van der Waals surface area contributed by atoms with E-state index in [1.54, 1.807) is 4.98 Å². The van der Waals surface area contributed by atoms with E-state index in [2.05, 4.69) is 4.98 Å². The van der Waals surface area contributed by atoms with Crippen LogP contribution < -0.4 is 0 Å². The monoisotopic (exact) mass is 276 g/mol. The molecule has 19 heavy (non-hydrogen) atoms. The first-order valence-electron chi connectivity index (χ1n) is 4.60. The first-order chi connectivity index (χ1) is 8.70. The minimum atomic E-state index is -4.83. The Hall–Kier alpha value is -2.72. The van der Waals surface area contributed by atoms with E-state index in [-0.39, 0.29) is 0 Å². The van der Waals surface area contributed by atoms with Gasteiger partial charge in [0.1, 0.15) is 0 Å². The summed E-state index contributed by atoms with van der Waals surface area (Å²) in [6.45, 7) is 0. The third-order valence-electron chi connectivity index (χ3n) is 2.23. The van der Waals surface area contributed by atoms with E-state index in [0.29, 0.717) is 6.07 Å². The summed E-state index contributed by atoms with van der Waals surface area (Å²) in [5.41, 5.74) is -2.57. The maximum atomic E-state index is 12.4. The van der Waals surface area contributed by atoms with Gasteiger partial charge in [0, 0.05) is 6.07 Å². The van der Waals surface area contributed by atoms with Crippen molar-refractivity contribution in [1.29, 1.82) is 0 Å². The van der Waals surface area contributed by atoms with Crippen LogP contribution in [0, 0.1) is 20.2 Å². The van der Waals surface area contributed by atoms with Crippen LogP contribution in [0.25, 0.3) is 11.0 Å². The summed E-state index contributed by atoms with van der Waals surface area (Å²) in [4.78, 5) is 24.1. The molecule has 11 heteroatoms. The van der Waals surface area contributed by atoms with Crippen LogP contribution in [0.4, 0.5) is 24.5 Å². The fourth-order valence-electron chi connectivity index (χ4n) is 1.46. The first kappa shape index (κ1) is 12.7. The lowest BCUT2D eigenvalue weighted by Gasteiger charge is -1.98. The Morgan fingerprint density at radius 2 is 1.79 bits per heavy atom. The topological polar surface area (TPSA) is 115 Å². The van der Waals surface area contributed by atoms with Gasteiger partial charge < -0.3 is 4.98 Å². The van der Waals surface area contributed by atoms with Crippen LogP contribution in [-0.4, -0.2) is 19.8 Å². The number of H-pyrrole nitrogens is 1. The molecule has 100 valence electrons. The number of nitro benzene ring substituents is 2. The van der Waals surface area contributed by atoms with Crippen LogP contribution >= 0.6 is 0 Å². The molecule has 0 aliphatic carbocycles. The summed E-state index contributed by atoms with van der Waals surface area (Å²) in [6, 6.07) is 1.31. The number of nitro groups is 2. The normalized spacial score (nSPS) is 11.7. The molecule has 1 aromatic heterocycles. The lowest BCUT2D eigenvalue weighted by atomic mass is 10.2. The van der Waals surface area contributed by atoms with Crippen LogP contribution in [0.15, 0.2) is 12.1 Å². The quantitative estimate of drug-likeness (QED) is 0.667. The van der Waals surface area contributed by atoms with E-state index >= 15 is 0 Å². The summed E-state index contributed by atoms with van der Waals surface area (Å²) in [7, 11) is 0. The van der Waals surface area contributed by atoms with Gasteiger partial charge in [0.15, 0.2) is 5.52 Å². The second-order valence-corrected chi connectivity index (χ2v) is 3.46. The molecular weight excluding hydrogens is 273 g/mol. The molecule has 1 heterocycles. The number of aromatic amines is 1. The number of aromatic nitrogens is 2. The van der Waals surface area contributed by atoms with Crippen molar-refractivity contribution >= 4 is 22.4 Å². The maximum Gasteiger partial charge on any atom is 0.449 e. The molecule has 0 saturated carbocycles. The average Bonchev–Trinajstić information content (AvgIpc) is 2.70. The van der Waals surface area contributed by atoms with Crippen LogP contribution in [0.2, 0.25) is 0 Å². The second kappa shape index (κ2) is 3.90. The summed E-state index contributed by atoms with van der Waals surface area (Å²) in [5.74, 6) is -1.45. The molecular formula is C8H3F3N4O4. The Morgan fingerprint density at radius 3 is 2.26 bits per heavy atom. The molecule has 0 fully saturated rings. The number of non-ortho nitro benzene ring substituents is 2. The molecule has 0 amide bonds. The van der Waals surface area contributed by atoms with Crippen LogP contribution in [0.3, 0.4) is 0 Å². The molecule has 0 unspecified atom stereocenters. The first-order valence-corrected chi connectivity index (χ1v) is 4.60. The summed E-state index contributed by atoms with van der Waals surface area (Å²) < 4.78 is 37.3. The highest BCUT2D eigenvalue weighted by atomic mass is 19.4. The predicted molar refractivity (Wildman–Crippen MR) is 54.4 cm³/mol. The van der Waals surface area contributed by atoms with Crippen molar-refractivity contribution in [1.82, 2.24) is 9.97 Å². The van der Waals surface area contributed by atoms with Crippen molar-refractivity contribution in [3.63, 3.8) is 0 Å². The zero-order valence-corrected chi connectivity index (χ0v) is 8.76. The van der Waals surface area contributed by atoms with Crippen LogP contribution in [0.1, 0.15) is 5.82 Å². The highest BCUT2D eigenvalue weighted by molar-refractivity contribution is 5.87. The smallest absolute Gasteiger partial charge is 0.334 e. The van der Waals surface area contributed by atoms with Gasteiger partial charge in [-0.3, -0.25) is 20.2 Å². The van der Waals surface area contributed by atoms with Gasteiger partial charge in [-0.25, -0.2) is 4.98 Å². The van der Waals surface area contributed by atoms with Crippen molar-refractivity contribution in [3.8, 4) is 0 Å². The third kappa shape index (κ3) is 2.17. The fourth-order valence-corrected chi connectivity index (χ4v) is 1.46. The summed E-state index contributed by atoms with van der Waals surface area (Å²) in [6.07, 6.45) is -4.83. The number of fused-ring (bicyclic) bond motifs is 1. The van der Waals surface area contributed by atoms with Crippen molar-refractivity contribution in [2.75, 3.05) is 0 Å². The number of benzene rings is 1. The van der Waals surface area contributed by atoms with Crippen molar-refractivity contribution < 1.29 is 23.0 Å². The van der Waals surface area contributed by atoms with Gasteiger partial charge in [-0.15, -0.1) is 0 Å². The Kier molecular flexibility index (Phi) is 2.61. The molecule has 2 aromatic rings. The molecule has 1 aromatic carbocycles. The molecule has 2 rings (SSSR count). The van der Waals surface area contributed by atoms with Crippen LogP contribution in [0.5, 0.6) is 0 Å². The molecule has 0 bridgehead atoms. The van der Waals surface area contributed by atoms with Gasteiger partial charge in [0.05, 0.1) is 21.4 Å². The third-order valence-corrected chi connectivity index (χ3v) is 2.23. The molecule has 0 aliphatic heterocycles. The number of hydrogen-bond donors (Lipinski definition) is 1. The molecule has 0 radical (unpaired) electrons. The van der Waals surface area contributed by atoms with E-state index in [4.69, 9.17) is 0 Å². The van der Waals surface area contributed by atoms with E-state index in [1.807, 2.05) is 0 Å². The predicted octanol–water partition coefficient (Wildman–Crippen LogP) is 2.40. The highest BCUT2D eigenvalue weighted by Crippen LogP contribution is 2.34. The summed E-state index contributed by atoms with van der Waals surface area (Å²) in [5, 5.41) is 21.2. The van der Waals surface area contributed by atoms with Crippen molar-refractivity contribution in [2.24, 2.45) is 0 Å². The van der Waals surface area contributed by atoms with E-state index < -0.39 is 44.3 Å². The number of halogens is 3. The SMILES string of the molecule is O=[N+]([O-])c1cc([N+](=O)[O-])c2nc(C(F)(F)F)[nH]c2c1. The molecule has 0 spiro atoms. The standard InChI is InChI=1S/C8H3F3N4O4/c9-8(10,11)7-12-4-1-3(14(16)17)2-5(15(18)19)6(4)13-7/h1-2H,(H,12,13). The molecule has 0 aliphatic rings. The number of rotatable bonds is 2. The largest absolute Gasteiger partial charge is 0.449 e. The minimum absolute atomic E-state index is 0.423. The Balaban J connectivity index is 2.79. The lowest BCUT2D eigenvalue weighted by molar-refractivity contribution is -0.393. The van der Waals surface area contributed by atoms with Gasteiger partial charge in [-0.2, -0.15) is 13.2 Å². The highest BCUT2D eigenvalue weighted by Gasteiger charge is 2.36. The van der Waals surface area contributed by atoms with Gasteiger partial charge >= 0.3 is 11.9 Å². The van der Waals surface area contributed by atoms with E-state index in [9.17, 15) is 33.4 Å². The van der Waals surface area contributed by atoms with Crippen molar-refractivity contribution in [2.45, 2.75) is 6.18 Å². The Morgan fingerprint density at radius 1 is 1.16 bits per heavy atom. The maximum absolute atomic E-state index is 12.4. The van der Waals surface area contributed by atoms with Crippen LogP contribution in [-0.2, 0) is 6.18 Å². The minimum Gasteiger partial charge on any atom is -0.334 e. The van der Waals surface area contributed by atoms with Gasteiger partial charge in [-0.05, 0) is 0 Å². The fraction of sp³-hybridized carbons (Fsp3) is 0.125. The lowest BCUT2D eigenvalue weighted by Crippen LogP contribution is -2.06. The van der Waals surface area contributed by atoms with E-state index in [1.165, 1.54) is 0 Å². The molecule has 0 saturated heterocycles. The number of alkyl halides is 3. The van der Waals surface area contributed by atoms with Gasteiger partial charge in [-0.1, -0.05) is 0 Å². The van der Waals surface area contributed by atoms with Crippen molar-refractivity contribution in [3.05, 3.63) is 38.2 Å². The molecule has 0 atom stereocenters. The molecule has 1 N–H and O–H groups in total. The Bertz CT molecular complexity index is 693. The average molecular weight is 276 g/mol. The second-order valence-electron chi connectivity index (χ2n) is 3.46. The van der Waals surface area contributed by atoms with Gasteiger partial charge in [0.2, 0.25) is 5.82 Å². The number of nitrogens with zero attached hydrogens (tertiary/aromatic N) is 3. The number of imidazole rings is 1. The summed E-state index contributed by atoms with van der Waals surface area (Å²) >= 11 is 0. The van der Waals surface area contributed by atoms with Gasteiger partial charge in [0.25, 0.3) is 5.69 Å². The zero-order chi connectivity index (χ0) is 14.4. The number of nitrogens with one attached hydrogen (secondary N) is 1. The Labute approximate surface area is 101 Å². The van der Waals surface area contributed by atoms with E-state index in [0.717, 1.165) is 6.07 Å². The number of hydrogen-bond acceptors (Lipinski definition) is 5. The molecule has 8 nitrogen and oxygen atoms in total. The zero-order valence-electron chi connectivity index (χ0n) is 8.76.